The fraction of sp³-hybridized carbons (Fsp3) is 0.382. The van der Waals surface area contributed by atoms with Gasteiger partial charge in [0.05, 0.1) is 29.8 Å². The fourth-order valence-corrected chi connectivity index (χ4v) is 5.09. The van der Waals surface area contributed by atoms with Crippen LogP contribution in [-0.2, 0) is 17.8 Å². The highest BCUT2D eigenvalue weighted by Gasteiger charge is 2.29. The first-order valence-corrected chi connectivity index (χ1v) is 14.7. The molecule has 0 saturated heterocycles. The topological polar surface area (TPSA) is 131 Å². The number of carbonyl (C=O) groups is 3. The molecule has 4 rings (SSSR count). The van der Waals surface area contributed by atoms with E-state index in [2.05, 4.69) is 5.32 Å². The summed E-state index contributed by atoms with van der Waals surface area (Å²) in [6, 6.07) is 19.6. The van der Waals surface area contributed by atoms with E-state index >= 15 is 0 Å². The first-order valence-electron chi connectivity index (χ1n) is 14.7. The number of ether oxygens (including phenoxy) is 3. The Kier molecular flexibility index (Phi) is 11.0. The molecule has 0 spiro atoms. The molecule has 0 radical (unpaired) electrons. The van der Waals surface area contributed by atoms with Crippen LogP contribution in [0.25, 0.3) is 0 Å². The average Bonchev–Trinajstić information content (AvgIpc) is 2.99. The van der Waals surface area contributed by atoms with Crippen molar-refractivity contribution in [3.63, 3.8) is 0 Å². The molecule has 1 aliphatic carbocycles. The Balaban J connectivity index is 1.27. The van der Waals surface area contributed by atoms with E-state index in [0.717, 1.165) is 29.0 Å². The smallest absolute Gasteiger partial charge is 0.335 e. The number of aliphatic carboxylic acids is 1. The van der Waals surface area contributed by atoms with Crippen molar-refractivity contribution in [1.82, 2.24) is 5.32 Å². The van der Waals surface area contributed by atoms with Crippen LogP contribution < -0.4 is 19.5 Å². The zero-order valence-electron chi connectivity index (χ0n) is 24.6. The van der Waals surface area contributed by atoms with Gasteiger partial charge in [-0.15, -0.1) is 0 Å². The van der Waals surface area contributed by atoms with Crippen LogP contribution in [0.5, 0.6) is 17.2 Å². The average molecular weight is 590 g/mol. The maximum atomic E-state index is 13.1. The van der Waals surface area contributed by atoms with E-state index in [1.54, 1.807) is 0 Å². The number of benzene rings is 3. The zero-order chi connectivity index (χ0) is 30.8. The summed E-state index contributed by atoms with van der Waals surface area (Å²) in [5.74, 6) is -1.08. The minimum atomic E-state index is -1.15. The lowest BCUT2D eigenvalue weighted by molar-refractivity contribution is -0.143. The Labute approximate surface area is 251 Å². The van der Waals surface area contributed by atoms with E-state index in [-0.39, 0.29) is 23.3 Å². The van der Waals surface area contributed by atoms with Gasteiger partial charge in [-0.3, -0.25) is 9.59 Å². The van der Waals surface area contributed by atoms with Crippen molar-refractivity contribution >= 4 is 17.8 Å². The van der Waals surface area contributed by atoms with E-state index < -0.39 is 23.8 Å². The Morgan fingerprint density at radius 3 is 2.26 bits per heavy atom. The molecule has 1 saturated carbocycles. The van der Waals surface area contributed by atoms with Gasteiger partial charge in [0.1, 0.15) is 23.9 Å². The van der Waals surface area contributed by atoms with E-state index in [4.69, 9.17) is 14.2 Å². The molecule has 1 amide bonds. The number of carboxylic acid groups (broad SMARTS) is 2. The molecular formula is C34H39NO8. The van der Waals surface area contributed by atoms with E-state index in [0.29, 0.717) is 51.1 Å². The van der Waals surface area contributed by atoms with Crippen LogP contribution in [0.15, 0.2) is 66.7 Å². The molecule has 9 heteroatoms. The molecule has 2 atom stereocenters. The highest BCUT2D eigenvalue weighted by molar-refractivity contribution is 6.00. The fourth-order valence-electron chi connectivity index (χ4n) is 5.09. The molecule has 3 aromatic rings. The molecule has 1 fully saturated rings. The number of amides is 1. The molecule has 228 valence electrons. The van der Waals surface area contributed by atoms with Crippen LogP contribution in [0.2, 0.25) is 0 Å². The zero-order valence-corrected chi connectivity index (χ0v) is 24.6. The molecule has 3 aromatic carbocycles. The van der Waals surface area contributed by atoms with Gasteiger partial charge in [-0.1, -0.05) is 30.7 Å². The lowest BCUT2D eigenvalue weighted by Crippen LogP contribution is -2.40. The van der Waals surface area contributed by atoms with Gasteiger partial charge in [0.15, 0.2) is 0 Å². The van der Waals surface area contributed by atoms with Gasteiger partial charge in [0.25, 0.3) is 5.91 Å². The number of carboxylic acids is 2. The summed E-state index contributed by atoms with van der Waals surface area (Å²) in [4.78, 5) is 36.1. The molecule has 43 heavy (non-hydrogen) atoms. The van der Waals surface area contributed by atoms with Crippen LogP contribution in [0.1, 0.15) is 77.8 Å². The summed E-state index contributed by atoms with van der Waals surface area (Å²) < 4.78 is 17.5. The monoisotopic (exact) mass is 589 g/mol. The summed E-state index contributed by atoms with van der Waals surface area (Å²) in [5, 5.41) is 21.7. The van der Waals surface area contributed by atoms with Gasteiger partial charge in [0.2, 0.25) is 0 Å². The highest BCUT2D eigenvalue weighted by atomic mass is 16.5. The van der Waals surface area contributed by atoms with Crippen molar-refractivity contribution < 1.29 is 38.8 Å². The van der Waals surface area contributed by atoms with Crippen LogP contribution in [0.3, 0.4) is 0 Å². The molecule has 0 heterocycles. The molecule has 9 nitrogen and oxygen atoms in total. The number of nitrogens with one attached hydrogen (secondary N) is 1. The van der Waals surface area contributed by atoms with E-state index in [1.807, 2.05) is 62.4 Å². The third-order valence-electron chi connectivity index (χ3n) is 7.32. The number of rotatable bonds is 14. The number of hydrogen-bond donors (Lipinski definition) is 3. The van der Waals surface area contributed by atoms with Crippen LogP contribution >= 0.6 is 0 Å². The highest BCUT2D eigenvalue weighted by Crippen LogP contribution is 2.27. The van der Waals surface area contributed by atoms with Gasteiger partial charge in [-0.2, -0.15) is 0 Å². The van der Waals surface area contributed by atoms with Gasteiger partial charge in [-0.05, 0) is 99.5 Å². The number of aryl methyl sites for hydroxylation is 1. The SMILES string of the molecule is CC(C)Oc1ccc(COc2ccc(CCCOc3ccc(C(=O)O)cc3C(=O)NC3CCCC(C(=O)O)C3)cc2)cc1. The predicted molar refractivity (Wildman–Crippen MR) is 161 cm³/mol. The van der Waals surface area contributed by atoms with Gasteiger partial charge in [-0.25, -0.2) is 4.79 Å². The van der Waals surface area contributed by atoms with Crippen LogP contribution in [-0.4, -0.2) is 46.8 Å². The van der Waals surface area contributed by atoms with Crippen molar-refractivity contribution in [1.29, 1.82) is 0 Å². The molecule has 3 N–H and O–H groups in total. The minimum absolute atomic E-state index is 0.0241. The number of hydrogen-bond acceptors (Lipinski definition) is 6. The quantitative estimate of drug-likeness (QED) is 0.191. The molecule has 0 bridgehead atoms. The second kappa shape index (κ2) is 15.1. The van der Waals surface area contributed by atoms with Crippen molar-refractivity contribution in [2.45, 2.75) is 71.1 Å². The summed E-state index contributed by atoms with van der Waals surface area (Å²) in [6.45, 7) is 4.76. The van der Waals surface area contributed by atoms with E-state index in [9.17, 15) is 24.6 Å². The maximum Gasteiger partial charge on any atom is 0.335 e. The molecular weight excluding hydrogens is 550 g/mol. The number of aromatic carboxylic acids is 1. The summed E-state index contributed by atoms with van der Waals surface area (Å²) in [7, 11) is 0. The maximum absolute atomic E-state index is 13.1. The Hall–Kier alpha value is -4.53. The summed E-state index contributed by atoms with van der Waals surface area (Å²) in [5.41, 5.74) is 2.26. The largest absolute Gasteiger partial charge is 0.493 e. The lowest BCUT2D eigenvalue weighted by atomic mass is 9.85. The predicted octanol–water partition coefficient (Wildman–Crippen LogP) is 6.14. The lowest BCUT2D eigenvalue weighted by Gasteiger charge is -2.27. The molecule has 1 aliphatic rings. The minimum Gasteiger partial charge on any atom is -0.493 e. The van der Waals surface area contributed by atoms with Crippen LogP contribution in [0.4, 0.5) is 0 Å². The van der Waals surface area contributed by atoms with Crippen molar-refractivity contribution in [3.8, 4) is 17.2 Å². The van der Waals surface area contributed by atoms with Gasteiger partial charge in [0, 0.05) is 6.04 Å². The van der Waals surface area contributed by atoms with E-state index in [1.165, 1.54) is 18.2 Å². The Morgan fingerprint density at radius 1 is 0.884 bits per heavy atom. The van der Waals surface area contributed by atoms with Gasteiger partial charge < -0.3 is 29.7 Å². The summed E-state index contributed by atoms with van der Waals surface area (Å²) >= 11 is 0. The first-order chi connectivity index (χ1) is 20.7. The Morgan fingerprint density at radius 2 is 1.58 bits per heavy atom. The third-order valence-corrected chi connectivity index (χ3v) is 7.32. The van der Waals surface area contributed by atoms with Crippen molar-refractivity contribution in [3.05, 3.63) is 89.0 Å². The first kappa shape index (κ1) is 31.4. The van der Waals surface area contributed by atoms with Crippen LogP contribution in [0, 0.1) is 5.92 Å². The van der Waals surface area contributed by atoms with Gasteiger partial charge >= 0.3 is 11.9 Å². The molecule has 0 aliphatic heterocycles. The molecule has 0 aromatic heterocycles. The summed E-state index contributed by atoms with van der Waals surface area (Å²) in [6.07, 6.45) is 3.86. The molecule has 2 unspecified atom stereocenters. The van der Waals surface area contributed by atoms with Crippen molar-refractivity contribution in [2.75, 3.05) is 6.61 Å². The van der Waals surface area contributed by atoms with Crippen molar-refractivity contribution in [2.24, 2.45) is 5.92 Å². The second-order valence-electron chi connectivity index (χ2n) is 11.1. The second-order valence-corrected chi connectivity index (χ2v) is 11.1. The Bertz CT molecular complexity index is 1380. The standard InChI is InChI=1S/C34H39NO8/c1-22(2)43-29-15-10-24(11-16-29)21-42-28-13-8-23(9-14-28)5-4-18-41-31-17-12-26(34(39)40)20-30(31)32(36)35-27-7-3-6-25(19-27)33(37)38/h8-17,20,22,25,27H,3-7,18-19,21H2,1-2H3,(H,35,36)(H,37,38)(H,39,40). The normalized spacial score (nSPS) is 16.3. The number of carbonyl (C=O) groups excluding carboxylic acids is 1. The third kappa shape index (κ3) is 9.49.